The van der Waals surface area contributed by atoms with Gasteiger partial charge in [0.25, 0.3) is 0 Å². The molecule has 4 heteroatoms. The van der Waals surface area contributed by atoms with E-state index < -0.39 is 0 Å². The summed E-state index contributed by atoms with van der Waals surface area (Å²) in [5, 5.41) is 11.3. The van der Waals surface area contributed by atoms with Crippen LogP contribution in [0.15, 0.2) is 36.5 Å². The van der Waals surface area contributed by atoms with Crippen LogP contribution in [0.3, 0.4) is 0 Å². The van der Waals surface area contributed by atoms with E-state index in [4.69, 9.17) is 0 Å². The van der Waals surface area contributed by atoms with E-state index in [9.17, 15) is 0 Å². The van der Waals surface area contributed by atoms with Crippen molar-refractivity contribution in [3.8, 4) is 11.3 Å². The number of hydrogen-bond donors (Lipinski definition) is 2. The van der Waals surface area contributed by atoms with Gasteiger partial charge >= 0.3 is 0 Å². The lowest BCUT2D eigenvalue weighted by Crippen LogP contribution is -2.32. The van der Waals surface area contributed by atoms with E-state index >= 15 is 0 Å². The van der Waals surface area contributed by atoms with Gasteiger partial charge in [0.05, 0.1) is 5.69 Å². The highest BCUT2D eigenvalue weighted by Crippen LogP contribution is 2.28. The number of aromatic amines is 1. The largest absolute Gasteiger partial charge is 0.381 e. The molecule has 1 aromatic carbocycles. The summed E-state index contributed by atoms with van der Waals surface area (Å²) < 4.78 is 0. The van der Waals surface area contributed by atoms with Gasteiger partial charge in [0.2, 0.25) is 0 Å². The number of aromatic nitrogens is 2. The van der Waals surface area contributed by atoms with Crippen LogP contribution in [0.2, 0.25) is 0 Å². The lowest BCUT2D eigenvalue weighted by atomic mass is 10.1. The molecule has 0 saturated carbocycles. The minimum atomic E-state index is 0.594. The Morgan fingerprint density at radius 2 is 2.11 bits per heavy atom. The number of nitrogens with zero attached hydrogens (tertiary/aromatic N) is 1. The van der Waals surface area contributed by atoms with Crippen molar-refractivity contribution in [1.29, 1.82) is 0 Å². The zero-order chi connectivity index (χ0) is 13.1. The van der Waals surface area contributed by atoms with Crippen LogP contribution in [0, 0.1) is 0 Å². The van der Waals surface area contributed by atoms with Crippen LogP contribution in [0.4, 0.5) is 5.69 Å². The number of anilines is 1. The van der Waals surface area contributed by atoms with Crippen LogP contribution in [0.25, 0.3) is 11.3 Å². The molecule has 0 radical (unpaired) electrons. The topological polar surface area (TPSA) is 40.7 Å². The normalized spacial score (nSPS) is 23.2. The zero-order valence-electron chi connectivity index (χ0n) is 11.1. The van der Waals surface area contributed by atoms with Gasteiger partial charge < -0.3 is 5.32 Å². The molecule has 0 bridgehead atoms. The van der Waals surface area contributed by atoms with Gasteiger partial charge in [0.1, 0.15) is 0 Å². The van der Waals surface area contributed by atoms with E-state index in [-0.39, 0.29) is 0 Å². The molecule has 2 atom stereocenters. The lowest BCUT2D eigenvalue weighted by molar-refractivity contribution is 0.617. The minimum absolute atomic E-state index is 0.594. The molecule has 1 aliphatic heterocycles. The molecular formula is C15H19N3S. The van der Waals surface area contributed by atoms with E-state index in [1.807, 2.05) is 6.07 Å². The number of nitrogens with one attached hydrogen (secondary N) is 2. The summed E-state index contributed by atoms with van der Waals surface area (Å²) in [7, 11) is 0. The molecule has 1 saturated heterocycles. The fourth-order valence-corrected chi connectivity index (χ4v) is 3.63. The second kappa shape index (κ2) is 5.70. The van der Waals surface area contributed by atoms with Gasteiger partial charge in [-0.1, -0.05) is 19.1 Å². The summed E-state index contributed by atoms with van der Waals surface area (Å²) in [5.41, 5.74) is 3.45. The van der Waals surface area contributed by atoms with Crippen LogP contribution >= 0.6 is 11.8 Å². The molecule has 100 valence electrons. The monoisotopic (exact) mass is 273 g/mol. The van der Waals surface area contributed by atoms with E-state index in [2.05, 4.69) is 58.5 Å². The quantitative estimate of drug-likeness (QED) is 0.894. The zero-order valence-corrected chi connectivity index (χ0v) is 11.9. The first kappa shape index (κ1) is 12.6. The van der Waals surface area contributed by atoms with Crippen LogP contribution in [0.5, 0.6) is 0 Å². The minimum Gasteiger partial charge on any atom is -0.381 e. The molecule has 2 N–H and O–H groups in total. The highest BCUT2D eigenvalue weighted by atomic mass is 32.2. The highest BCUT2D eigenvalue weighted by molar-refractivity contribution is 8.00. The average Bonchev–Trinajstić information content (AvgIpc) is 2.96. The highest BCUT2D eigenvalue weighted by Gasteiger charge is 2.21. The molecule has 1 aliphatic rings. The van der Waals surface area contributed by atoms with Gasteiger partial charge in [-0.15, -0.1) is 0 Å². The third-order valence-corrected chi connectivity index (χ3v) is 5.03. The molecule has 0 amide bonds. The SMILES string of the molecule is CC1SCCCC1Nc1ccc(-c2ccn[nH]2)cc1. The first-order valence-corrected chi connectivity index (χ1v) is 7.86. The maximum Gasteiger partial charge on any atom is 0.0650 e. The molecule has 2 heterocycles. The van der Waals surface area contributed by atoms with Gasteiger partial charge in [-0.3, -0.25) is 5.10 Å². The summed E-state index contributed by atoms with van der Waals surface area (Å²) in [6.07, 6.45) is 4.37. The molecule has 2 unspecified atom stereocenters. The first-order chi connectivity index (χ1) is 9.33. The van der Waals surface area contributed by atoms with Crippen molar-refractivity contribution < 1.29 is 0 Å². The molecule has 3 rings (SSSR count). The van der Waals surface area contributed by atoms with Gasteiger partial charge in [-0.05, 0) is 42.4 Å². The van der Waals surface area contributed by atoms with Gasteiger partial charge in [0, 0.05) is 23.2 Å². The maximum absolute atomic E-state index is 3.98. The Balaban J connectivity index is 1.69. The molecule has 19 heavy (non-hydrogen) atoms. The van der Waals surface area contributed by atoms with Crippen molar-refractivity contribution >= 4 is 17.4 Å². The molecule has 0 spiro atoms. The van der Waals surface area contributed by atoms with Crippen molar-refractivity contribution in [2.24, 2.45) is 0 Å². The fraction of sp³-hybridized carbons (Fsp3) is 0.400. The second-order valence-corrected chi connectivity index (χ2v) is 6.50. The third-order valence-electron chi connectivity index (χ3n) is 3.66. The fourth-order valence-electron chi connectivity index (χ4n) is 2.49. The van der Waals surface area contributed by atoms with Gasteiger partial charge in [0.15, 0.2) is 0 Å². The molecule has 1 fully saturated rings. The van der Waals surface area contributed by atoms with Gasteiger partial charge in [-0.2, -0.15) is 16.9 Å². The second-order valence-electron chi connectivity index (χ2n) is 5.02. The van der Waals surface area contributed by atoms with Crippen molar-refractivity contribution in [2.45, 2.75) is 31.1 Å². The van der Waals surface area contributed by atoms with E-state index in [0.29, 0.717) is 11.3 Å². The number of thioether (sulfide) groups is 1. The Labute approximate surface area is 118 Å². The number of hydrogen-bond acceptors (Lipinski definition) is 3. The van der Waals surface area contributed by atoms with Crippen LogP contribution in [-0.4, -0.2) is 27.2 Å². The van der Waals surface area contributed by atoms with Crippen LogP contribution in [0.1, 0.15) is 19.8 Å². The van der Waals surface area contributed by atoms with Crippen molar-refractivity contribution in [3.63, 3.8) is 0 Å². The summed E-state index contributed by atoms with van der Waals surface area (Å²) in [4.78, 5) is 0. The maximum atomic E-state index is 3.98. The number of rotatable bonds is 3. The molecule has 1 aromatic heterocycles. The number of H-pyrrole nitrogens is 1. The predicted octanol–water partition coefficient (Wildman–Crippen LogP) is 3.77. The summed E-state index contributed by atoms with van der Waals surface area (Å²) in [6, 6.07) is 11.2. The predicted molar refractivity (Wildman–Crippen MR) is 82.6 cm³/mol. The Kier molecular flexibility index (Phi) is 3.78. The molecule has 0 aliphatic carbocycles. The Bertz CT molecular complexity index is 507. The van der Waals surface area contributed by atoms with E-state index in [1.54, 1.807) is 6.20 Å². The average molecular weight is 273 g/mol. The Morgan fingerprint density at radius 1 is 1.26 bits per heavy atom. The van der Waals surface area contributed by atoms with Crippen LogP contribution in [-0.2, 0) is 0 Å². The van der Waals surface area contributed by atoms with Gasteiger partial charge in [-0.25, -0.2) is 0 Å². The standard InChI is InChI=1S/C15H19N3S/c1-11-14(3-2-10-19-11)17-13-6-4-12(5-7-13)15-8-9-16-18-15/h4-9,11,14,17H,2-3,10H2,1H3,(H,16,18). The van der Waals surface area contributed by atoms with Crippen LogP contribution < -0.4 is 5.32 Å². The first-order valence-electron chi connectivity index (χ1n) is 6.81. The van der Waals surface area contributed by atoms with E-state index in [0.717, 1.165) is 5.69 Å². The summed E-state index contributed by atoms with van der Waals surface area (Å²) >= 11 is 2.07. The summed E-state index contributed by atoms with van der Waals surface area (Å²) in [5.74, 6) is 1.30. The lowest BCUT2D eigenvalue weighted by Gasteiger charge is -2.30. The van der Waals surface area contributed by atoms with Crippen molar-refractivity contribution in [3.05, 3.63) is 36.5 Å². The third kappa shape index (κ3) is 2.95. The molecule has 3 nitrogen and oxygen atoms in total. The molecular weight excluding hydrogens is 254 g/mol. The Morgan fingerprint density at radius 3 is 2.79 bits per heavy atom. The van der Waals surface area contributed by atoms with E-state index in [1.165, 1.54) is 29.8 Å². The summed E-state index contributed by atoms with van der Waals surface area (Å²) in [6.45, 7) is 2.32. The van der Waals surface area contributed by atoms with Crippen molar-refractivity contribution in [1.82, 2.24) is 10.2 Å². The van der Waals surface area contributed by atoms with Crippen molar-refractivity contribution in [2.75, 3.05) is 11.1 Å². The smallest absolute Gasteiger partial charge is 0.0650 e. The molecule has 2 aromatic rings. The Hall–Kier alpha value is -1.42. The number of benzene rings is 1.